The summed E-state index contributed by atoms with van der Waals surface area (Å²) in [6.07, 6.45) is 9.69. The summed E-state index contributed by atoms with van der Waals surface area (Å²) in [5, 5.41) is 3.31. The molecular weight excluding hydrogens is 250 g/mol. The summed E-state index contributed by atoms with van der Waals surface area (Å²) < 4.78 is 6.25. The highest BCUT2D eigenvalue weighted by molar-refractivity contribution is 5.76. The van der Waals surface area contributed by atoms with Crippen LogP contribution in [0.3, 0.4) is 0 Å². The summed E-state index contributed by atoms with van der Waals surface area (Å²) in [6, 6.07) is 0.351. The molecule has 0 unspecified atom stereocenters. The summed E-state index contributed by atoms with van der Waals surface area (Å²) in [5.74, 6) is 1.22. The van der Waals surface area contributed by atoms with E-state index >= 15 is 0 Å². The fourth-order valence-corrected chi connectivity index (χ4v) is 3.76. The summed E-state index contributed by atoms with van der Waals surface area (Å²) in [6.45, 7) is 6.43. The van der Waals surface area contributed by atoms with Crippen LogP contribution in [-0.2, 0) is 9.53 Å². The smallest absolute Gasteiger partial charge is 0.220 e. The van der Waals surface area contributed by atoms with Crippen LogP contribution in [0.1, 0.15) is 72.1 Å². The molecule has 0 aromatic rings. The van der Waals surface area contributed by atoms with Gasteiger partial charge in [0.1, 0.15) is 0 Å². The predicted octanol–water partition coefficient (Wildman–Crippen LogP) is 3.67. The predicted molar refractivity (Wildman–Crippen MR) is 81.5 cm³/mol. The van der Waals surface area contributed by atoms with Crippen molar-refractivity contribution in [2.45, 2.75) is 90.4 Å². The van der Waals surface area contributed by atoms with Gasteiger partial charge in [0.2, 0.25) is 5.91 Å². The van der Waals surface area contributed by atoms with Crippen LogP contribution in [-0.4, -0.2) is 24.2 Å². The third kappa shape index (κ3) is 4.21. The Morgan fingerprint density at radius 2 is 2.15 bits per heavy atom. The number of fused-ring (bicyclic) bond motifs is 1. The molecule has 3 heteroatoms. The first kappa shape index (κ1) is 15.8. The number of hydrogen-bond donors (Lipinski definition) is 1. The molecular formula is C17H31NO2. The number of carbonyl (C=O) groups is 1. The quantitative estimate of drug-likeness (QED) is 0.807. The average Bonchev–Trinajstić information content (AvgIpc) is 2.83. The van der Waals surface area contributed by atoms with Gasteiger partial charge in [0.15, 0.2) is 0 Å². The van der Waals surface area contributed by atoms with Crippen molar-refractivity contribution in [2.24, 2.45) is 11.8 Å². The molecule has 0 bridgehead atoms. The zero-order valence-electron chi connectivity index (χ0n) is 13.4. The van der Waals surface area contributed by atoms with E-state index in [-0.39, 0.29) is 5.91 Å². The first-order valence-corrected chi connectivity index (χ1v) is 8.55. The van der Waals surface area contributed by atoms with Crippen LogP contribution in [0, 0.1) is 11.8 Å². The maximum atomic E-state index is 12.1. The van der Waals surface area contributed by atoms with Gasteiger partial charge in [-0.05, 0) is 31.6 Å². The van der Waals surface area contributed by atoms with Gasteiger partial charge < -0.3 is 10.1 Å². The van der Waals surface area contributed by atoms with Gasteiger partial charge in [0.05, 0.1) is 12.2 Å². The van der Waals surface area contributed by atoms with Crippen LogP contribution >= 0.6 is 0 Å². The molecule has 1 aliphatic heterocycles. The first-order valence-electron chi connectivity index (χ1n) is 8.55. The van der Waals surface area contributed by atoms with Crippen molar-refractivity contribution in [2.75, 3.05) is 0 Å². The average molecular weight is 281 g/mol. The summed E-state index contributed by atoms with van der Waals surface area (Å²) in [5.41, 5.74) is 0. The van der Waals surface area contributed by atoms with Gasteiger partial charge in [-0.15, -0.1) is 0 Å². The van der Waals surface area contributed by atoms with E-state index in [4.69, 9.17) is 4.74 Å². The monoisotopic (exact) mass is 281 g/mol. The second kappa shape index (κ2) is 7.44. The van der Waals surface area contributed by atoms with E-state index in [0.29, 0.717) is 36.5 Å². The molecule has 2 aliphatic rings. The maximum Gasteiger partial charge on any atom is 0.220 e. The number of hydrogen-bond acceptors (Lipinski definition) is 2. The number of carbonyl (C=O) groups excluding carboxylic acids is 1. The van der Waals surface area contributed by atoms with Crippen LogP contribution in [0.25, 0.3) is 0 Å². The van der Waals surface area contributed by atoms with Gasteiger partial charge in [0, 0.05) is 18.4 Å². The molecule has 1 N–H and O–H groups in total. The van der Waals surface area contributed by atoms with Gasteiger partial charge in [0.25, 0.3) is 0 Å². The fourth-order valence-electron chi connectivity index (χ4n) is 3.76. The zero-order chi connectivity index (χ0) is 14.5. The van der Waals surface area contributed by atoms with Gasteiger partial charge in [-0.1, -0.05) is 40.0 Å². The molecule has 0 spiro atoms. The van der Waals surface area contributed by atoms with Crippen LogP contribution in [0.4, 0.5) is 0 Å². The summed E-state index contributed by atoms with van der Waals surface area (Å²) in [7, 11) is 0. The minimum Gasteiger partial charge on any atom is -0.375 e. The molecule has 0 radical (unpaired) electrons. The van der Waals surface area contributed by atoms with E-state index < -0.39 is 0 Å². The minimum absolute atomic E-state index is 0.229. The van der Waals surface area contributed by atoms with E-state index in [0.717, 1.165) is 12.8 Å². The molecule has 116 valence electrons. The minimum atomic E-state index is 0.229. The van der Waals surface area contributed by atoms with Crippen LogP contribution in [0.5, 0.6) is 0 Å². The normalized spacial score (nSPS) is 33.2. The van der Waals surface area contributed by atoms with E-state index in [9.17, 15) is 4.79 Å². The number of unbranched alkanes of at least 4 members (excludes halogenated alkanes) is 1. The Labute approximate surface area is 123 Å². The molecule has 1 saturated heterocycles. The standard InChI is InChI=1S/C17H31NO2/c1-4-5-7-13-11-15(18-17(19)10-12(2)3)14-8-6-9-16(14)20-13/h12-16H,4-11H2,1-3H3,(H,18,19)/t13-,14-,15+,16+/m0/s1. The second-order valence-corrected chi connectivity index (χ2v) is 7.04. The van der Waals surface area contributed by atoms with Gasteiger partial charge >= 0.3 is 0 Å². The van der Waals surface area contributed by atoms with E-state index in [1.807, 2.05) is 0 Å². The highest BCUT2D eigenvalue weighted by Gasteiger charge is 2.41. The number of nitrogens with one attached hydrogen (secondary N) is 1. The molecule has 2 rings (SSSR count). The van der Waals surface area contributed by atoms with Crippen LogP contribution in [0.15, 0.2) is 0 Å². The van der Waals surface area contributed by atoms with E-state index in [1.165, 1.54) is 32.1 Å². The van der Waals surface area contributed by atoms with Gasteiger partial charge in [-0.3, -0.25) is 4.79 Å². The van der Waals surface area contributed by atoms with E-state index in [2.05, 4.69) is 26.1 Å². The molecule has 0 aromatic heterocycles. The van der Waals surface area contributed by atoms with Crippen molar-refractivity contribution in [3.05, 3.63) is 0 Å². The lowest BCUT2D eigenvalue weighted by molar-refractivity contribution is -0.127. The second-order valence-electron chi connectivity index (χ2n) is 7.04. The van der Waals surface area contributed by atoms with Crippen molar-refractivity contribution in [1.82, 2.24) is 5.32 Å². The zero-order valence-corrected chi connectivity index (χ0v) is 13.4. The Balaban J connectivity index is 1.91. The molecule has 1 aliphatic carbocycles. The van der Waals surface area contributed by atoms with Crippen molar-refractivity contribution < 1.29 is 9.53 Å². The topological polar surface area (TPSA) is 38.3 Å². The third-order valence-corrected chi connectivity index (χ3v) is 4.72. The molecule has 20 heavy (non-hydrogen) atoms. The Bertz CT molecular complexity index is 316. The number of ether oxygens (including phenoxy) is 1. The van der Waals surface area contributed by atoms with Gasteiger partial charge in [-0.25, -0.2) is 0 Å². The maximum absolute atomic E-state index is 12.1. The summed E-state index contributed by atoms with van der Waals surface area (Å²) in [4.78, 5) is 12.1. The molecule has 2 fully saturated rings. The van der Waals surface area contributed by atoms with E-state index in [1.54, 1.807) is 0 Å². The lowest BCUT2D eigenvalue weighted by Gasteiger charge is -2.39. The number of rotatable bonds is 6. The van der Waals surface area contributed by atoms with Crippen molar-refractivity contribution in [3.8, 4) is 0 Å². The van der Waals surface area contributed by atoms with Crippen molar-refractivity contribution >= 4 is 5.91 Å². The lowest BCUT2D eigenvalue weighted by Crippen LogP contribution is -2.50. The fraction of sp³-hybridized carbons (Fsp3) is 0.941. The third-order valence-electron chi connectivity index (χ3n) is 4.72. The Morgan fingerprint density at radius 1 is 1.35 bits per heavy atom. The highest BCUT2D eigenvalue weighted by Crippen LogP contribution is 2.38. The first-order chi connectivity index (χ1) is 9.60. The lowest BCUT2D eigenvalue weighted by atomic mass is 9.86. The SMILES string of the molecule is CCCC[C@H]1C[C@@H](NC(=O)CC(C)C)[C@@H]2CCC[C@H]2O1. The van der Waals surface area contributed by atoms with Crippen LogP contribution < -0.4 is 5.32 Å². The molecule has 3 nitrogen and oxygen atoms in total. The molecule has 1 amide bonds. The number of amides is 1. The Hall–Kier alpha value is -0.570. The Kier molecular flexibility index (Phi) is 5.88. The van der Waals surface area contributed by atoms with Crippen molar-refractivity contribution in [3.63, 3.8) is 0 Å². The van der Waals surface area contributed by atoms with Crippen LogP contribution in [0.2, 0.25) is 0 Å². The molecule has 1 heterocycles. The van der Waals surface area contributed by atoms with Crippen molar-refractivity contribution in [1.29, 1.82) is 0 Å². The molecule has 0 aromatic carbocycles. The molecule has 4 atom stereocenters. The summed E-state index contributed by atoms with van der Waals surface area (Å²) >= 11 is 0. The largest absolute Gasteiger partial charge is 0.375 e. The van der Waals surface area contributed by atoms with Gasteiger partial charge in [-0.2, -0.15) is 0 Å². The molecule has 1 saturated carbocycles. The highest BCUT2D eigenvalue weighted by atomic mass is 16.5. The Morgan fingerprint density at radius 3 is 2.85 bits per heavy atom.